The van der Waals surface area contributed by atoms with Crippen molar-refractivity contribution >= 4 is 27.4 Å². The van der Waals surface area contributed by atoms with Crippen LogP contribution in [0.5, 0.6) is 0 Å². The minimum atomic E-state index is 0.832. The highest BCUT2D eigenvalue weighted by Crippen LogP contribution is 2.13. The Bertz CT molecular complexity index is 559. The van der Waals surface area contributed by atoms with Crippen LogP contribution in [0.15, 0.2) is 41.0 Å². The van der Waals surface area contributed by atoms with Gasteiger partial charge in [-0.05, 0) is 34.5 Å². The average Bonchev–Trinajstić information content (AvgIpc) is 2.51. The molecular weight excluding hydrogens is 328 g/mol. The Kier molecular flexibility index (Phi) is 5.99. The molecule has 0 fully saturated rings. The van der Waals surface area contributed by atoms with E-state index in [0.29, 0.717) is 0 Å². The molecule has 112 valence electrons. The number of nitrogens with one attached hydrogen (secondary N) is 1. The molecule has 0 radical (unpaired) electrons. The third-order valence-corrected chi connectivity index (χ3v) is 3.64. The van der Waals surface area contributed by atoms with Crippen molar-refractivity contribution in [2.75, 3.05) is 30.4 Å². The number of rotatable bonds is 7. The molecule has 1 N–H and O–H groups in total. The number of aromatic nitrogens is 2. The lowest BCUT2D eigenvalue weighted by molar-refractivity contribution is 0.811. The number of hydrogen-bond donors (Lipinski definition) is 1. The van der Waals surface area contributed by atoms with E-state index in [0.717, 1.165) is 42.2 Å². The Balaban J connectivity index is 1.78. The fraction of sp³-hybridized carbons (Fsp3) is 0.375. The third kappa shape index (κ3) is 5.01. The molecule has 1 aromatic heterocycles. The Hall–Kier alpha value is -1.62. The zero-order chi connectivity index (χ0) is 15.1. The van der Waals surface area contributed by atoms with E-state index in [2.05, 4.69) is 74.4 Å². The van der Waals surface area contributed by atoms with Crippen molar-refractivity contribution in [2.45, 2.75) is 19.8 Å². The second-order valence-corrected chi connectivity index (χ2v) is 5.70. The molecule has 2 rings (SSSR count). The summed E-state index contributed by atoms with van der Waals surface area (Å²) in [6, 6.07) is 12.3. The molecular formula is C16H21BrN4. The molecule has 0 aliphatic rings. The van der Waals surface area contributed by atoms with Crippen LogP contribution in [0, 0.1) is 0 Å². The summed E-state index contributed by atoms with van der Waals surface area (Å²) >= 11 is 3.42. The fourth-order valence-corrected chi connectivity index (χ4v) is 2.48. The number of benzene rings is 1. The summed E-state index contributed by atoms with van der Waals surface area (Å²) in [5.41, 5.74) is 1.25. The Morgan fingerprint density at radius 1 is 1.19 bits per heavy atom. The zero-order valence-corrected chi connectivity index (χ0v) is 14.1. The van der Waals surface area contributed by atoms with Gasteiger partial charge in [0, 0.05) is 38.3 Å². The van der Waals surface area contributed by atoms with Gasteiger partial charge in [0.05, 0.1) is 0 Å². The lowest BCUT2D eigenvalue weighted by Gasteiger charge is -2.19. The highest BCUT2D eigenvalue weighted by molar-refractivity contribution is 9.10. The second kappa shape index (κ2) is 7.98. The summed E-state index contributed by atoms with van der Waals surface area (Å²) in [5.74, 6) is 1.74. The van der Waals surface area contributed by atoms with Crippen molar-refractivity contribution in [3.8, 4) is 0 Å². The summed E-state index contributed by atoms with van der Waals surface area (Å²) in [7, 11) is 2.12. The molecule has 0 saturated carbocycles. The molecule has 5 heteroatoms. The standard InChI is InChI=1S/C16H21BrN4/c1-3-15-19-14(17)12-16(20-15)18-10-7-11-21(2)13-8-5-4-6-9-13/h4-6,8-9,12H,3,7,10-11H2,1-2H3,(H,18,19,20). The number of nitrogens with zero attached hydrogens (tertiary/aromatic N) is 3. The maximum Gasteiger partial charge on any atom is 0.131 e. The first kappa shape index (κ1) is 15.8. The van der Waals surface area contributed by atoms with Gasteiger partial charge in [0.2, 0.25) is 0 Å². The fourth-order valence-electron chi connectivity index (χ4n) is 2.06. The average molecular weight is 349 g/mol. The summed E-state index contributed by atoms with van der Waals surface area (Å²) in [5, 5.41) is 3.36. The van der Waals surface area contributed by atoms with Crippen LogP contribution in [0.25, 0.3) is 0 Å². The van der Waals surface area contributed by atoms with Crippen LogP contribution in [0.3, 0.4) is 0 Å². The molecule has 0 unspecified atom stereocenters. The molecule has 0 saturated heterocycles. The SMILES string of the molecule is CCc1nc(Br)cc(NCCCN(C)c2ccccc2)n1. The minimum absolute atomic E-state index is 0.832. The monoisotopic (exact) mass is 348 g/mol. The van der Waals surface area contributed by atoms with Gasteiger partial charge in [0.25, 0.3) is 0 Å². The quantitative estimate of drug-likeness (QED) is 0.611. The van der Waals surface area contributed by atoms with Crippen LogP contribution in [0.1, 0.15) is 19.2 Å². The molecule has 1 heterocycles. The van der Waals surface area contributed by atoms with Crippen LogP contribution in [-0.2, 0) is 6.42 Å². The topological polar surface area (TPSA) is 41.1 Å². The number of aryl methyl sites for hydroxylation is 1. The lowest BCUT2D eigenvalue weighted by atomic mass is 10.3. The Morgan fingerprint density at radius 2 is 1.95 bits per heavy atom. The Labute approximate surface area is 134 Å². The van der Waals surface area contributed by atoms with Gasteiger partial charge in [-0.25, -0.2) is 9.97 Å². The Morgan fingerprint density at radius 3 is 2.67 bits per heavy atom. The summed E-state index contributed by atoms with van der Waals surface area (Å²) in [4.78, 5) is 11.0. The third-order valence-electron chi connectivity index (χ3n) is 3.23. The number of anilines is 2. The van der Waals surface area contributed by atoms with Crippen LogP contribution in [0.4, 0.5) is 11.5 Å². The highest BCUT2D eigenvalue weighted by Gasteiger charge is 2.02. The van der Waals surface area contributed by atoms with Gasteiger partial charge in [-0.1, -0.05) is 25.1 Å². The second-order valence-electron chi connectivity index (χ2n) is 4.88. The number of halogens is 1. The van der Waals surface area contributed by atoms with E-state index in [4.69, 9.17) is 0 Å². The molecule has 21 heavy (non-hydrogen) atoms. The number of hydrogen-bond acceptors (Lipinski definition) is 4. The molecule has 0 bridgehead atoms. The van der Waals surface area contributed by atoms with Crippen LogP contribution in [-0.4, -0.2) is 30.1 Å². The van der Waals surface area contributed by atoms with E-state index in [1.165, 1.54) is 5.69 Å². The first-order chi connectivity index (χ1) is 10.2. The van der Waals surface area contributed by atoms with Crippen molar-refractivity contribution in [2.24, 2.45) is 0 Å². The van der Waals surface area contributed by atoms with Gasteiger partial charge in [-0.3, -0.25) is 0 Å². The van der Waals surface area contributed by atoms with Crippen LogP contribution >= 0.6 is 15.9 Å². The highest BCUT2D eigenvalue weighted by atomic mass is 79.9. The van der Waals surface area contributed by atoms with Crippen molar-refractivity contribution in [1.29, 1.82) is 0 Å². The largest absolute Gasteiger partial charge is 0.375 e. The molecule has 0 amide bonds. The molecule has 1 aromatic carbocycles. The van der Waals surface area contributed by atoms with Crippen LogP contribution < -0.4 is 10.2 Å². The van der Waals surface area contributed by atoms with Gasteiger partial charge in [0.15, 0.2) is 0 Å². The number of para-hydroxylation sites is 1. The van der Waals surface area contributed by atoms with Crippen molar-refractivity contribution in [1.82, 2.24) is 9.97 Å². The van der Waals surface area contributed by atoms with Crippen LogP contribution in [0.2, 0.25) is 0 Å². The minimum Gasteiger partial charge on any atom is -0.375 e. The molecule has 0 aliphatic heterocycles. The predicted octanol–water partition coefficient (Wildman–Crippen LogP) is 3.74. The zero-order valence-electron chi connectivity index (χ0n) is 12.5. The van der Waals surface area contributed by atoms with E-state index in [9.17, 15) is 0 Å². The normalized spacial score (nSPS) is 10.4. The van der Waals surface area contributed by atoms with Gasteiger partial charge >= 0.3 is 0 Å². The van der Waals surface area contributed by atoms with E-state index >= 15 is 0 Å². The van der Waals surface area contributed by atoms with Crippen molar-refractivity contribution in [3.63, 3.8) is 0 Å². The maximum absolute atomic E-state index is 4.46. The van der Waals surface area contributed by atoms with E-state index < -0.39 is 0 Å². The lowest BCUT2D eigenvalue weighted by Crippen LogP contribution is -2.20. The van der Waals surface area contributed by atoms with E-state index in [1.54, 1.807) is 0 Å². The summed E-state index contributed by atoms with van der Waals surface area (Å²) in [6.45, 7) is 3.95. The molecule has 0 spiro atoms. The van der Waals surface area contributed by atoms with Gasteiger partial charge in [-0.2, -0.15) is 0 Å². The van der Waals surface area contributed by atoms with Crippen molar-refractivity contribution < 1.29 is 0 Å². The van der Waals surface area contributed by atoms with E-state index in [-0.39, 0.29) is 0 Å². The first-order valence-electron chi connectivity index (χ1n) is 7.22. The smallest absolute Gasteiger partial charge is 0.131 e. The first-order valence-corrected chi connectivity index (χ1v) is 8.02. The van der Waals surface area contributed by atoms with Gasteiger partial charge < -0.3 is 10.2 Å². The van der Waals surface area contributed by atoms with Gasteiger partial charge in [0.1, 0.15) is 16.2 Å². The summed E-state index contributed by atoms with van der Waals surface area (Å²) in [6.07, 6.45) is 1.89. The van der Waals surface area contributed by atoms with Gasteiger partial charge in [-0.15, -0.1) is 0 Å². The molecule has 4 nitrogen and oxygen atoms in total. The predicted molar refractivity (Wildman–Crippen MR) is 91.9 cm³/mol. The van der Waals surface area contributed by atoms with E-state index in [1.807, 2.05) is 12.1 Å². The maximum atomic E-state index is 4.46. The summed E-state index contributed by atoms with van der Waals surface area (Å²) < 4.78 is 0.832. The molecule has 0 atom stereocenters. The molecule has 2 aromatic rings. The molecule has 0 aliphatic carbocycles. The van der Waals surface area contributed by atoms with Crippen molar-refractivity contribution in [3.05, 3.63) is 46.8 Å².